The second-order valence-electron chi connectivity index (χ2n) is 26.8. The molecule has 0 saturated carbocycles. The van der Waals surface area contributed by atoms with Crippen molar-refractivity contribution in [2.24, 2.45) is 0 Å². The molecule has 0 spiro atoms. The fourth-order valence-corrected chi connectivity index (χ4v) is 12.7. The monoisotopic (exact) mass is 1360 g/mol. The number of amides is 2. The third kappa shape index (κ3) is 31.2. The van der Waals surface area contributed by atoms with Crippen LogP contribution in [0.5, 0.6) is 0 Å². The van der Waals surface area contributed by atoms with Crippen LogP contribution in [0.2, 0.25) is 0 Å². The van der Waals surface area contributed by atoms with Gasteiger partial charge in [0.1, 0.15) is 97.6 Å². The number of ether oxygens (including phenoxy) is 8. The highest BCUT2D eigenvalue weighted by Crippen LogP contribution is 2.34. The molecule has 0 radical (unpaired) electrons. The van der Waals surface area contributed by atoms with Gasteiger partial charge in [-0.2, -0.15) is 0 Å². The molecule has 95 heavy (non-hydrogen) atoms. The molecule has 0 bridgehead atoms. The average molecular weight is 1370 g/mol. The number of carbonyl (C=O) groups is 2. The van der Waals surface area contributed by atoms with Gasteiger partial charge in [0.15, 0.2) is 25.2 Å². The fraction of sp³-hybridized carbons (Fsp3) is 0.914. The van der Waals surface area contributed by atoms with Crippen LogP contribution < -0.4 is 10.6 Å². The summed E-state index contributed by atoms with van der Waals surface area (Å²) in [5.74, 6) is -0.991. The normalized spacial score (nSPS) is 32.1. The first-order valence-corrected chi connectivity index (χ1v) is 36.6. The molecule has 4 heterocycles. The molecule has 25 nitrogen and oxygen atoms in total. The molecule has 2 amide bonds. The number of aliphatic hydroxyl groups is 13. The molecule has 4 fully saturated rings. The van der Waals surface area contributed by atoms with Gasteiger partial charge >= 0.3 is 0 Å². The van der Waals surface area contributed by atoms with Crippen LogP contribution >= 0.6 is 0 Å². The van der Waals surface area contributed by atoms with E-state index in [1.807, 2.05) is 6.08 Å². The Labute approximate surface area is 565 Å². The van der Waals surface area contributed by atoms with Crippen molar-refractivity contribution in [3.63, 3.8) is 0 Å². The summed E-state index contributed by atoms with van der Waals surface area (Å²) in [6.45, 7) is 1.84. The molecule has 15 N–H and O–H groups in total. The summed E-state index contributed by atoms with van der Waals surface area (Å²) in [6.07, 6.45) is 11.8. The smallest absolute Gasteiger partial charge is 0.220 e. The highest BCUT2D eigenvalue weighted by atomic mass is 16.8. The van der Waals surface area contributed by atoms with E-state index in [2.05, 4.69) is 36.6 Å². The average Bonchev–Trinajstić information content (AvgIpc) is 0.786. The minimum atomic E-state index is -2.13. The second kappa shape index (κ2) is 50.0. The van der Waals surface area contributed by atoms with E-state index in [0.717, 1.165) is 51.9 Å². The molecule has 4 rings (SSSR count). The van der Waals surface area contributed by atoms with E-state index >= 15 is 0 Å². The molecule has 22 atom stereocenters. The zero-order valence-electron chi connectivity index (χ0n) is 57.5. The number of hydrogen-bond donors (Lipinski definition) is 15. The highest BCUT2D eigenvalue weighted by molar-refractivity contribution is 5.76. The molecule has 25 heteroatoms. The molecule has 4 aliphatic rings. The maximum absolute atomic E-state index is 13.5. The van der Waals surface area contributed by atoms with Gasteiger partial charge in [-0.05, 0) is 44.9 Å². The summed E-state index contributed by atoms with van der Waals surface area (Å²) < 4.78 is 46.9. The molecule has 0 aromatic rings. The lowest BCUT2D eigenvalue weighted by Gasteiger charge is -2.48. The Balaban J connectivity index is 1.34. The van der Waals surface area contributed by atoms with E-state index in [1.54, 1.807) is 6.08 Å². The van der Waals surface area contributed by atoms with E-state index in [-0.39, 0.29) is 12.3 Å². The van der Waals surface area contributed by atoms with E-state index < -0.39 is 174 Å². The van der Waals surface area contributed by atoms with Crippen molar-refractivity contribution in [1.82, 2.24) is 10.6 Å². The molecule has 4 aliphatic heterocycles. The van der Waals surface area contributed by atoms with Gasteiger partial charge in [-0.1, -0.05) is 205 Å². The third-order valence-electron chi connectivity index (χ3n) is 18.7. The Morgan fingerprint density at radius 1 is 0.421 bits per heavy atom. The van der Waals surface area contributed by atoms with Gasteiger partial charge in [0.25, 0.3) is 0 Å². The van der Waals surface area contributed by atoms with Gasteiger partial charge in [0.05, 0.1) is 45.2 Å². The zero-order chi connectivity index (χ0) is 69.3. The summed E-state index contributed by atoms with van der Waals surface area (Å²) in [6, 6.07) is -2.49. The van der Waals surface area contributed by atoms with Crippen molar-refractivity contribution in [2.45, 2.75) is 374 Å². The SMILES string of the molecule is CCCCCCCC/C=C\CCCCCCCCCCCCCCCC(=O)N[C@@H](CO[C@@H]1OC(CO)[C@@H](O[C@@H]2OC(CO[C@@H]3OC(CO)[C@@H](O)[C@H](O)C3NC(C)=O)[C@H](O)[C@H](O[C@H]3OC(CO)[C@H](O)[C@H](O)C3O)C2O)[C@H](O)C1O)[C@H](O)/C=C/CCCCCCCCCCCCC. The zero-order valence-corrected chi connectivity index (χ0v) is 57.5. The predicted molar refractivity (Wildman–Crippen MR) is 354 cm³/mol. The van der Waals surface area contributed by atoms with Crippen LogP contribution in [0.15, 0.2) is 24.3 Å². The first kappa shape index (κ1) is 85.0. The number of nitrogens with one attached hydrogen (secondary N) is 2. The van der Waals surface area contributed by atoms with Crippen LogP contribution in [0, 0.1) is 0 Å². The first-order valence-electron chi connectivity index (χ1n) is 36.6. The van der Waals surface area contributed by atoms with Crippen LogP contribution in [0.3, 0.4) is 0 Å². The number of unbranched alkanes of at least 4 members (excludes halogenated alkanes) is 30. The Kier molecular flexibility index (Phi) is 44.7. The van der Waals surface area contributed by atoms with Gasteiger partial charge in [-0.25, -0.2) is 0 Å². The van der Waals surface area contributed by atoms with Crippen molar-refractivity contribution in [3.05, 3.63) is 24.3 Å². The Hall–Kier alpha value is -2.42. The molecule has 8 unspecified atom stereocenters. The third-order valence-corrected chi connectivity index (χ3v) is 18.7. The van der Waals surface area contributed by atoms with E-state index in [1.165, 1.54) is 154 Å². The Morgan fingerprint density at radius 2 is 0.832 bits per heavy atom. The molecule has 556 valence electrons. The largest absolute Gasteiger partial charge is 0.394 e. The minimum absolute atomic E-state index is 0.199. The lowest BCUT2D eigenvalue weighted by atomic mass is 9.95. The second-order valence-corrected chi connectivity index (χ2v) is 26.8. The van der Waals surface area contributed by atoms with E-state index in [0.29, 0.717) is 12.8 Å². The minimum Gasteiger partial charge on any atom is -0.394 e. The maximum atomic E-state index is 13.5. The van der Waals surface area contributed by atoms with Crippen LogP contribution in [0.4, 0.5) is 0 Å². The quantitative estimate of drug-likeness (QED) is 0.0290. The maximum Gasteiger partial charge on any atom is 0.220 e. The van der Waals surface area contributed by atoms with Crippen molar-refractivity contribution in [2.75, 3.05) is 33.0 Å². The molecule has 4 saturated heterocycles. The highest BCUT2D eigenvalue weighted by Gasteiger charge is 2.55. The predicted octanol–water partition coefficient (Wildman–Crippen LogP) is 4.68. The summed E-state index contributed by atoms with van der Waals surface area (Å²) in [5, 5.41) is 147. The Bertz CT molecular complexity index is 2010. The van der Waals surface area contributed by atoms with Gasteiger partial charge in [0.2, 0.25) is 11.8 Å². The number of hydrogen-bond acceptors (Lipinski definition) is 23. The molecular formula is C70H128N2O23. The van der Waals surface area contributed by atoms with Crippen LogP contribution in [0.25, 0.3) is 0 Å². The van der Waals surface area contributed by atoms with Crippen molar-refractivity contribution in [3.8, 4) is 0 Å². The Morgan fingerprint density at radius 3 is 1.33 bits per heavy atom. The van der Waals surface area contributed by atoms with Crippen molar-refractivity contribution >= 4 is 11.8 Å². The van der Waals surface area contributed by atoms with Crippen molar-refractivity contribution in [1.29, 1.82) is 0 Å². The lowest BCUT2D eigenvalue weighted by Crippen LogP contribution is -2.67. The van der Waals surface area contributed by atoms with Gasteiger partial charge in [-0.3, -0.25) is 9.59 Å². The van der Waals surface area contributed by atoms with Gasteiger partial charge in [-0.15, -0.1) is 0 Å². The van der Waals surface area contributed by atoms with E-state index in [4.69, 9.17) is 37.9 Å². The molecule has 0 aromatic heterocycles. The van der Waals surface area contributed by atoms with Gasteiger partial charge in [0, 0.05) is 13.3 Å². The van der Waals surface area contributed by atoms with E-state index in [9.17, 15) is 76.0 Å². The molecule has 0 aliphatic carbocycles. The number of rotatable bonds is 52. The summed E-state index contributed by atoms with van der Waals surface area (Å²) >= 11 is 0. The molecule has 0 aromatic carbocycles. The van der Waals surface area contributed by atoms with Crippen LogP contribution in [-0.2, 0) is 47.5 Å². The summed E-state index contributed by atoms with van der Waals surface area (Å²) in [7, 11) is 0. The van der Waals surface area contributed by atoms with Crippen molar-refractivity contribution < 1.29 is 114 Å². The van der Waals surface area contributed by atoms with Crippen LogP contribution in [0.1, 0.15) is 239 Å². The lowest BCUT2D eigenvalue weighted by molar-refractivity contribution is -0.383. The van der Waals surface area contributed by atoms with Crippen LogP contribution in [-0.4, -0.2) is 246 Å². The first-order chi connectivity index (χ1) is 45.9. The fourth-order valence-electron chi connectivity index (χ4n) is 12.7. The molecular weight excluding hydrogens is 1240 g/mol. The standard InChI is InChI=1S/C70H128N2O23/c1-4-6-8-10-12-14-16-18-19-20-21-22-23-24-25-26-27-29-31-33-35-37-39-41-54(78)72-48(49(77)40-38-36-34-32-30-28-17-15-13-11-9-7-5-2)45-88-68-63(86)61(84)65(52(44-75)92-68)94-70-64(87)66(95-69-62(85)60(83)57(80)51(43-74)91-69)58(81)53(93-70)46-89-67-55(71-47(3)76)59(82)56(79)50(42-73)90-67/h18-19,38,40,48-53,55-70,73-75,77,79-87H,4-17,20-37,39,41-46H2,1-3H3,(H,71,76)(H,72,78)/b19-18-,40-38+/t48-,49+,50?,51?,52?,53?,55?,56+,57-,58-,59+,60-,61+,62?,63?,64?,65+,66-,67+,68+,69+,70-/m0/s1. The number of allylic oxidation sites excluding steroid dienone is 3. The topological polar surface area (TPSA) is 395 Å². The number of aliphatic hydroxyl groups excluding tert-OH is 13. The van der Waals surface area contributed by atoms with Gasteiger partial charge < -0.3 is 115 Å². The summed E-state index contributed by atoms with van der Waals surface area (Å²) in [4.78, 5) is 25.7. The number of carbonyl (C=O) groups excluding carboxylic acids is 2. The summed E-state index contributed by atoms with van der Waals surface area (Å²) in [5.41, 5.74) is 0.